The number of anilines is 2. The van der Waals surface area contributed by atoms with Gasteiger partial charge in [0.1, 0.15) is 0 Å². The van der Waals surface area contributed by atoms with Gasteiger partial charge in [-0.2, -0.15) is 0 Å². The van der Waals surface area contributed by atoms with Crippen molar-refractivity contribution in [1.29, 1.82) is 0 Å². The third kappa shape index (κ3) is 6.02. The van der Waals surface area contributed by atoms with Gasteiger partial charge in [0.05, 0.1) is 12.6 Å². The summed E-state index contributed by atoms with van der Waals surface area (Å²) in [5, 5.41) is 8.55. The normalized spacial score (nSPS) is 16.7. The Morgan fingerprint density at radius 3 is 2.50 bits per heavy atom. The van der Waals surface area contributed by atoms with Crippen LogP contribution in [0, 0.1) is 20.8 Å². The summed E-state index contributed by atoms with van der Waals surface area (Å²) in [4.78, 5) is 25.6. The SMILES string of the molecule is Cc1ccc(NC(=O)NC(=NCC2CCCO2)Nc2nc(C)cc(C)n2)cc1. The van der Waals surface area contributed by atoms with E-state index in [1.54, 1.807) is 0 Å². The van der Waals surface area contributed by atoms with Crippen molar-refractivity contribution >= 4 is 23.6 Å². The van der Waals surface area contributed by atoms with E-state index in [0.29, 0.717) is 18.2 Å². The van der Waals surface area contributed by atoms with Crippen LogP contribution in [0.15, 0.2) is 35.3 Å². The molecule has 28 heavy (non-hydrogen) atoms. The van der Waals surface area contributed by atoms with Crippen molar-refractivity contribution in [3.05, 3.63) is 47.3 Å². The number of aryl methyl sites for hydroxylation is 3. The Bertz CT molecular complexity index is 824. The van der Waals surface area contributed by atoms with Crippen LogP contribution in [-0.2, 0) is 4.74 Å². The summed E-state index contributed by atoms with van der Waals surface area (Å²) in [6.07, 6.45) is 2.07. The molecule has 1 aromatic carbocycles. The molecule has 1 saturated heterocycles. The predicted molar refractivity (Wildman–Crippen MR) is 110 cm³/mol. The van der Waals surface area contributed by atoms with Crippen LogP contribution in [0.3, 0.4) is 0 Å². The molecule has 0 aliphatic carbocycles. The van der Waals surface area contributed by atoms with Gasteiger partial charge in [-0.1, -0.05) is 17.7 Å². The molecule has 1 fully saturated rings. The Balaban J connectivity index is 1.69. The van der Waals surface area contributed by atoms with E-state index >= 15 is 0 Å². The molecule has 2 amide bonds. The summed E-state index contributed by atoms with van der Waals surface area (Å²) >= 11 is 0. The summed E-state index contributed by atoms with van der Waals surface area (Å²) < 4.78 is 5.61. The Morgan fingerprint density at radius 2 is 1.86 bits per heavy atom. The van der Waals surface area contributed by atoms with Crippen LogP contribution in [0.2, 0.25) is 0 Å². The lowest BCUT2D eigenvalue weighted by Gasteiger charge is -2.13. The first-order valence-electron chi connectivity index (χ1n) is 9.38. The Hall–Kier alpha value is -3.00. The summed E-state index contributed by atoms with van der Waals surface area (Å²) in [7, 11) is 0. The van der Waals surface area contributed by atoms with Gasteiger partial charge in [-0.15, -0.1) is 0 Å². The number of hydrogen-bond donors (Lipinski definition) is 3. The highest BCUT2D eigenvalue weighted by Crippen LogP contribution is 2.12. The Kier molecular flexibility index (Phi) is 6.54. The molecule has 1 aliphatic rings. The van der Waals surface area contributed by atoms with Gasteiger partial charge in [-0.05, 0) is 51.8 Å². The molecule has 2 heterocycles. The fraction of sp³-hybridized carbons (Fsp3) is 0.400. The standard InChI is InChI=1S/C20H26N6O2/c1-13-6-8-16(9-7-13)24-20(27)26-18(21-12-17-5-4-10-28-17)25-19-22-14(2)11-15(3)23-19/h6-9,11,17H,4-5,10,12H2,1-3H3,(H3,21,22,23,24,25,26,27). The number of amides is 2. The minimum atomic E-state index is -0.396. The number of nitrogens with zero attached hydrogens (tertiary/aromatic N) is 3. The maximum absolute atomic E-state index is 12.4. The second-order valence-electron chi connectivity index (χ2n) is 6.87. The van der Waals surface area contributed by atoms with Gasteiger partial charge in [0.25, 0.3) is 0 Å². The van der Waals surface area contributed by atoms with Crippen LogP contribution >= 0.6 is 0 Å². The smallest absolute Gasteiger partial charge is 0.326 e. The number of aromatic nitrogens is 2. The summed E-state index contributed by atoms with van der Waals surface area (Å²) in [6.45, 7) is 6.98. The number of hydrogen-bond acceptors (Lipinski definition) is 5. The van der Waals surface area contributed by atoms with E-state index < -0.39 is 6.03 Å². The van der Waals surface area contributed by atoms with Crippen LogP contribution in [0.1, 0.15) is 29.8 Å². The fourth-order valence-electron chi connectivity index (χ4n) is 2.89. The molecule has 1 aliphatic heterocycles. The molecule has 1 atom stereocenters. The van der Waals surface area contributed by atoms with Crippen LogP contribution < -0.4 is 16.0 Å². The number of rotatable bonds is 4. The van der Waals surface area contributed by atoms with Gasteiger partial charge in [0, 0.05) is 23.7 Å². The monoisotopic (exact) mass is 382 g/mol. The van der Waals surface area contributed by atoms with E-state index in [2.05, 4.69) is 30.9 Å². The first kappa shape index (κ1) is 19.8. The highest BCUT2D eigenvalue weighted by molar-refractivity contribution is 6.07. The number of carbonyl (C=O) groups excluding carboxylic acids is 1. The zero-order chi connectivity index (χ0) is 19.9. The molecule has 1 unspecified atom stereocenters. The van der Waals surface area contributed by atoms with Crippen molar-refractivity contribution < 1.29 is 9.53 Å². The molecule has 2 aromatic rings. The highest BCUT2D eigenvalue weighted by atomic mass is 16.5. The van der Waals surface area contributed by atoms with Crippen molar-refractivity contribution in [3.8, 4) is 0 Å². The van der Waals surface area contributed by atoms with Crippen molar-refractivity contribution in [2.45, 2.75) is 39.7 Å². The predicted octanol–water partition coefficient (Wildman–Crippen LogP) is 3.17. The van der Waals surface area contributed by atoms with Crippen molar-refractivity contribution in [2.24, 2.45) is 4.99 Å². The fourth-order valence-corrected chi connectivity index (χ4v) is 2.89. The number of ether oxygens (including phenoxy) is 1. The van der Waals surface area contributed by atoms with E-state index in [-0.39, 0.29) is 12.1 Å². The molecule has 8 heteroatoms. The van der Waals surface area contributed by atoms with E-state index in [9.17, 15) is 4.79 Å². The van der Waals surface area contributed by atoms with Crippen LogP contribution in [0.25, 0.3) is 0 Å². The molecule has 0 spiro atoms. The van der Waals surface area contributed by atoms with Gasteiger partial charge in [0.2, 0.25) is 11.9 Å². The zero-order valence-electron chi connectivity index (χ0n) is 16.5. The number of guanidine groups is 1. The van der Waals surface area contributed by atoms with Gasteiger partial charge in [-0.3, -0.25) is 10.6 Å². The largest absolute Gasteiger partial charge is 0.376 e. The van der Waals surface area contributed by atoms with E-state index in [1.165, 1.54) is 0 Å². The van der Waals surface area contributed by atoms with Crippen LogP contribution in [0.5, 0.6) is 0 Å². The third-order valence-electron chi connectivity index (χ3n) is 4.23. The maximum Gasteiger partial charge on any atom is 0.326 e. The quantitative estimate of drug-likeness (QED) is 0.557. The first-order chi connectivity index (χ1) is 13.5. The van der Waals surface area contributed by atoms with Gasteiger partial charge in [0.15, 0.2) is 0 Å². The molecule has 1 aromatic heterocycles. The van der Waals surface area contributed by atoms with Crippen molar-refractivity contribution in [2.75, 3.05) is 23.8 Å². The number of carbonyl (C=O) groups is 1. The van der Waals surface area contributed by atoms with Crippen LogP contribution in [0.4, 0.5) is 16.4 Å². The molecule has 148 valence electrons. The van der Waals surface area contributed by atoms with E-state index in [4.69, 9.17) is 4.74 Å². The lowest BCUT2D eigenvalue weighted by atomic mass is 10.2. The summed E-state index contributed by atoms with van der Waals surface area (Å²) in [5.74, 6) is 0.671. The molecular formula is C20H26N6O2. The minimum Gasteiger partial charge on any atom is -0.376 e. The molecule has 0 radical (unpaired) electrons. The second-order valence-corrected chi connectivity index (χ2v) is 6.87. The summed E-state index contributed by atoms with van der Waals surface area (Å²) in [6, 6.07) is 9.04. The lowest BCUT2D eigenvalue weighted by Crippen LogP contribution is -2.40. The zero-order valence-corrected chi connectivity index (χ0v) is 16.5. The van der Waals surface area contributed by atoms with Crippen molar-refractivity contribution in [3.63, 3.8) is 0 Å². The lowest BCUT2D eigenvalue weighted by molar-refractivity contribution is 0.118. The van der Waals surface area contributed by atoms with E-state index in [1.807, 2.05) is 51.1 Å². The molecule has 0 saturated carbocycles. The van der Waals surface area contributed by atoms with Gasteiger partial charge < -0.3 is 10.1 Å². The molecule has 0 bridgehead atoms. The first-order valence-corrected chi connectivity index (χ1v) is 9.38. The average molecular weight is 382 g/mol. The number of aliphatic imine (C=N–C) groups is 1. The molecule has 3 N–H and O–H groups in total. The summed E-state index contributed by atoms with van der Waals surface area (Å²) in [5.41, 5.74) is 3.48. The Labute approximate surface area is 164 Å². The molecule has 3 rings (SSSR count). The third-order valence-corrected chi connectivity index (χ3v) is 4.23. The Morgan fingerprint density at radius 1 is 1.14 bits per heavy atom. The van der Waals surface area contributed by atoms with Crippen molar-refractivity contribution in [1.82, 2.24) is 15.3 Å². The topological polar surface area (TPSA) is 101 Å². The minimum absolute atomic E-state index is 0.0684. The molecular weight excluding hydrogens is 356 g/mol. The molecule has 8 nitrogen and oxygen atoms in total. The van der Waals surface area contributed by atoms with E-state index in [0.717, 1.165) is 36.4 Å². The highest BCUT2D eigenvalue weighted by Gasteiger charge is 2.16. The number of benzene rings is 1. The maximum atomic E-state index is 12.4. The van der Waals surface area contributed by atoms with Gasteiger partial charge >= 0.3 is 6.03 Å². The van der Waals surface area contributed by atoms with Gasteiger partial charge in [-0.25, -0.2) is 19.8 Å². The van der Waals surface area contributed by atoms with Crippen LogP contribution in [-0.4, -0.2) is 41.2 Å². The average Bonchev–Trinajstić information content (AvgIpc) is 3.14. The number of nitrogens with one attached hydrogen (secondary N) is 3. The number of urea groups is 1. The second kappa shape index (κ2) is 9.27.